The highest BCUT2D eigenvalue weighted by Gasteiger charge is 2.35. The van der Waals surface area contributed by atoms with Gasteiger partial charge in [-0.25, -0.2) is 13.8 Å². The fourth-order valence-electron chi connectivity index (χ4n) is 4.04. The van der Waals surface area contributed by atoms with Crippen LogP contribution in [-0.4, -0.2) is 39.4 Å². The Morgan fingerprint density at radius 2 is 2.00 bits per heavy atom. The quantitative estimate of drug-likeness (QED) is 0.607. The highest BCUT2D eigenvalue weighted by molar-refractivity contribution is 5.97. The molecule has 1 aromatic carbocycles. The van der Waals surface area contributed by atoms with Crippen LogP contribution in [0.3, 0.4) is 0 Å². The summed E-state index contributed by atoms with van der Waals surface area (Å²) in [5.74, 6) is -1.80. The number of carbonyl (C=O) groups is 1. The Kier molecular flexibility index (Phi) is 4.52. The molecule has 5 rings (SSSR count). The Morgan fingerprint density at radius 3 is 2.83 bits per heavy atom. The first-order chi connectivity index (χ1) is 14.5. The lowest BCUT2D eigenvalue weighted by Crippen LogP contribution is -2.32. The number of alkyl halides is 2. The van der Waals surface area contributed by atoms with Gasteiger partial charge >= 0.3 is 0 Å². The molecule has 1 saturated carbocycles. The Labute approximate surface area is 171 Å². The van der Waals surface area contributed by atoms with Crippen LogP contribution in [0.4, 0.5) is 14.7 Å². The Morgan fingerprint density at radius 1 is 1.20 bits per heavy atom. The van der Waals surface area contributed by atoms with Crippen molar-refractivity contribution < 1.29 is 18.3 Å². The molecule has 3 heterocycles. The number of carbonyl (C=O) groups excluding carboxylic acids is 1. The number of halogens is 2. The third-order valence-electron chi connectivity index (χ3n) is 5.71. The molecule has 1 atom stereocenters. The zero-order valence-electron chi connectivity index (χ0n) is 16.1. The average molecular weight is 413 g/mol. The fourth-order valence-corrected chi connectivity index (χ4v) is 4.04. The highest BCUT2D eigenvalue weighted by atomic mass is 19.3. The number of rotatable bonds is 3. The van der Waals surface area contributed by atoms with Crippen molar-refractivity contribution in [1.29, 1.82) is 0 Å². The molecule has 3 aromatic rings. The molecule has 0 bridgehead atoms. The van der Waals surface area contributed by atoms with Crippen LogP contribution in [0.1, 0.15) is 47.7 Å². The number of amides is 1. The van der Waals surface area contributed by atoms with Crippen molar-refractivity contribution in [3.05, 3.63) is 47.8 Å². The van der Waals surface area contributed by atoms with Crippen LogP contribution in [0, 0.1) is 0 Å². The van der Waals surface area contributed by atoms with E-state index >= 15 is 0 Å². The lowest BCUT2D eigenvalue weighted by molar-refractivity contribution is -0.0361. The molecule has 2 aliphatic rings. The lowest BCUT2D eigenvalue weighted by Gasteiger charge is -2.28. The van der Waals surface area contributed by atoms with Gasteiger partial charge < -0.3 is 20.4 Å². The molecule has 30 heavy (non-hydrogen) atoms. The van der Waals surface area contributed by atoms with Crippen LogP contribution >= 0.6 is 0 Å². The SMILES string of the molecule is O=C1NCC(c2c[nH]c3nc(NC4CCC(F)(F)CC4)ncc23)Oc2ccccc21. The zero-order valence-corrected chi connectivity index (χ0v) is 16.1. The summed E-state index contributed by atoms with van der Waals surface area (Å²) in [7, 11) is 0. The second-order valence-electron chi connectivity index (χ2n) is 7.79. The number of nitrogens with zero attached hydrogens (tertiary/aromatic N) is 2. The van der Waals surface area contributed by atoms with E-state index < -0.39 is 12.0 Å². The van der Waals surface area contributed by atoms with Gasteiger partial charge in [-0.05, 0) is 25.0 Å². The summed E-state index contributed by atoms with van der Waals surface area (Å²) in [5, 5.41) is 6.83. The molecule has 3 N–H and O–H groups in total. The molecule has 0 saturated heterocycles. The first-order valence-corrected chi connectivity index (χ1v) is 10.0. The van der Waals surface area contributed by atoms with Crippen molar-refractivity contribution in [3.63, 3.8) is 0 Å². The van der Waals surface area contributed by atoms with Crippen LogP contribution in [0.5, 0.6) is 5.75 Å². The smallest absolute Gasteiger partial charge is 0.255 e. The number of benzene rings is 1. The maximum absolute atomic E-state index is 13.3. The monoisotopic (exact) mass is 413 g/mol. The van der Waals surface area contributed by atoms with Crippen molar-refractivity contribution in [2.24, 2.45) is 0 Å². The molecule has 1 amide bonds. The van der Waals surface area contributed by atoms with Crippen molar-refractivity contribution in [1.82, 2.24) is 20.3 Å². The molecule has 2 aromatic heterocycles. The van der Waals surface area contributed by atoms with Crippen LogP contribution in [0.2, 0.25) is 0 Å². The topological polar surface area (TPSA) is 91.9 Å². The molecule has 1 aliphatic heterocycles. The summed E-state index contributed by atoms with van der Waals surface area (Å²) in [6, 6.07) is 7.06. The van der Waals surface area contributed by atoms with Crippen LogP contribution in [-0.2, 0) is 0 Å². The van der Waals surface area contributed by atoms with Gasteiger partial charge in [-0.1, -0.05) is 12.1 Å². The highest BCUT2D eigenvalue weighted by Crippen LogP contribution is 2.34. The van der Waals surface area contributed by atoms with E-state index in [1.54, 1.807) is 30.6 Å². The predicted molar refractivity (Wildman–Crippen MR) is 107 cm³/mol. The van der Waals surface area contributed by atoms with Crippen molar-refractivity contribution in [2.75, 3.05) is 11.9 Å². The number of nitrogens with one attached hydrogen (secondary N) is 3. The standard InChI is InChI=1S/C21H21F2N5O2/c22-21(23)7-5-12(6-8-21)27-20-26-10-15-14(9-24-18(15)28-20)17-11-25-19(29)13-3-1-2-4-16(13)30-17/h1-4,9-10,12,17H,5-8,11H2,(H,25,29)(H2,24,26,27,28). The van der Waals surface area contributed by atoms with E-state index in [9.17, 15) is 13.6 Å². The van der Waals surface area contributed by atoms with Gasteiger partial charge in [0.05, 0.1) is 12.1 Å². The van der Waals surface area contributed by atoms with Crippen molar-refractivity contribution in [3.8, 4) is 5.75 Å². The summed E-state index contributed by atoms with van der Waals surface area (Å²) < 4.78 is 32.8. The molecule has 7 nitrogen and oxygen atoms in total. The van der Waals surface area contributed by atoms with Crippen LogP contribution in [0.15, 0.2) is 36.7 Å². The van der Waals surface area contributed by atoms with E-state index in [0.29, 0.717) is 42.3 Å². The minimum absolute atomic E-state index is 0.0617. The third kappa shape index (κ3) is 3.55. The van der Waals surface area contributed by atoms with Gasteiger partial charge in [-0.3, -0.25) is 4.79 Å². The molecule has 1 fully saturated rings. The second kappa shape index (κ2) is 7.23. The van der Waals surface area contributed by atoms with Gasteiger partial charge in [0.25, 0.3) is 5.91 Å². The van der Waals surface area contributed by atoms with Gasteiger partial charge in [0.15, 0.2) is 0 Å². The lowest BCUT2D eigenvalue weighted by atomic mass is 9.92. The first kappa shape index (κ1) is 18.8. The zero-order chi connectivity index (χ0) is 20.7. The molecular weight excluding hydrogens is 392 g/mol. The number of aromatic nitrogens is 3. The second-order valence-corrected chi connectivity index (χ2v) is 7.79. The summed E-state index contributed by atoms with van der Waals surface area (Å²) in [4.78, 5) is 24.3. The van der Waals surface area contributed by atoms with Gasteiger partial charge in [0.2, 0.25) is 11.9 Å². The number of H-pyrrole nitrogens is 1. The molecule has 1 aliphatic carbocycles. The van der Waals surface area contributed by atoms with Gasteiger partial charge in [-0.2, -0.15) is 4.98 Å². The average Bonchev–Trinajstić information content (AvgIpc) is 3.08. The predicted octanol–water partition coefficient (Wildman–Crippen LogP) is 3.81. The van der Waals surface area contributed by atoms with E-state index in [4.69, 9.17) is 4.74 Å². The number of ether oxygens (including phenoxy) is 1. The first-order valence-electron chi connectivity index (χ1n) is 10.0. The molecule has 156 valence electrons. The number of anilines is 1. The molecule has 0 radical (unpaired) electrons. The van der Waals surface area contributed by atoms with E-state index in [1.165, 1.54) is 0 Å². The summed E-state index contributed by atoms with van der Waals surface area (Å²) >= 11 is 0. The van der Waals surface area contributed by atoms with Gasteiger partial charge in [-0.15, -0.1) is 0 Å². The molecule has 9 heteroatoms. The summed E-state index contributed by atoms with van der Waals surface area (Å²) in [6.07, 6.45) is 3.63. The molecule has 1 unspecified atom stereocenters. The summed E-state index contributed by atoms with van der Waals surface area (Å²) in [5.41, 5.74) is 1.96. The van der Waals surface area contributed by atoms with Crippen molar-refractivity contribution >= 4 is 22.9 Å². The largest absolute Gasteiger partial charge is 0.483 e. The minimum atomic E-state index is -2.57. The minimum Gasteiger partial charge on any atom is -0.483 e. The van der Waals surface area contributed by atoms with Crippen LogP contribution in [0.25, 0.3) is 11.0 Å². The van der Waals surface area contributed by atoms with Crippen LogP contribution < -0.4 is 15.4 Å². The van der Waals surface area contributed by atoms with E-state index in [-0.39, 0.29) is 24.8 Å². The molecular formula is C21H21F2N5O2. The molecule has 0 spiro atoms. The van der Waals surface area contributed by atoms with E-state index in [0.717, 1.165) is 10.9 Å². The number of hydrogen-bond acceptors (Lipinski definition) is 5. The Bertz CT molecular complexity index is 1090. The van der Waals surface area contributed by atoms with Gasteiger partial charge in [0, 0.05) is 42.2 Å². The maximum atomic E-state index is 13.3. The number of fused-ring (bicyclic) bond motifs is 2. The third-order valence-corrected chi connectivity index (χ3v) is 5.71. The van der Waals surface area contributed by atoms with E-state index in [1.807, 2.05) is 6.07 Å². The van der Waals surface area contributed by atoms with E-state index in [2.05, 4.69) is 25.6 Å². The summed E-state index contributed by atoms with van der Waals surface area (Å²) in [6.45, 7) is 0.316. The van der Waals surface area contributed by atoms with Gasteiger partial charge in [0.1, 0.15) is 17.5 Å². The Balaban J connectivity index is 1.36. The number of aromatic amines is 1. The van der Waals surface area contributed by atoms with Crippen molar-refractivity contribution in [2.45, 2.75) is 43.8 Å². The number of para-hydroxylation sites is 1. The normalized spacial score (nSPS) is 21.4. The Hall–Kier alpha value is -3.23. The maximum Gasteiger partial charge on any atom is 0.255 e. The fraction of sp³-hybridized carbons (Fsp3) is 0.381. The number of hydrogen-bond donors (Lipinski definition) is 3.